The summed E-state index contributed by atoms with van der Waals surface area (Å²) in [7, 11) is 0. The van der Waals surface area contributed by atoms with Crippen LogP contribution in [0.1, 0.15) is 0 Å². The summed E-state index contributed by atoms with van der Waals surface area (Å²) in [6, 6.07) is 47.6. The minimum absolute atomic E-state index is 1.26. The van der Waals surface area contributed by atoms with Crippen molar-refractivity contribution >= 4 is 107 Å². The molecule has 0 bridgehead atoms. The van der Waals surface area contributed by atoms with Gasteiger partial charge >= 0.3 is 0 Å². The van der Waals surface area contributed by atoms with E-state index in [1.807, 2.05) is 34.0 Å². The van der Waals surface area contributed by atoms with E-state index in [4.69, 9.17) is 0 Å². The lowest BCUT2D eigenvalue weighted by Gasteiger charge is -2.19. The first-order valence-corrected chi connectivity index (χ1v) is 17.0. The van der Waals surface area contributed by atoms with E-state index >= 15 is 0 Å². The smallest absolute Gasteiger partial charge is 0.0434 e. The Morgan fingerprint density at radius 1 is 0.372 bits per heavy atom. The van der Waals surface area contributed by atoms with Crippen LogP contribution in [0.15, 0.2) is 133 Å². The van der Waals surface area contributed by atoms with Crippen LogP contribution < -0.4 is 0 Å². The van der Waals surface area contributed by atoms with Gasteiger partial charge in [-0.3, -0.25) is 0 Å². The molecule has 0 fully saturated rings. The zero-order valence-electron chi connectivity index (χ0n) is 22.9. The zero-order valence-corrected chi connectivity index (χ0v) is 25.4. The molecule has 0 aliphatic heterocycles. The molecule has 10 aromatic rings. The number of hydrogen-bond acceptors (Lipinski definition) is 3. The fourth-order valence-corrected chi connectivity index (χ4v) is 10.2. The van der Waals surface area contributed by atoms with Crippen LogP contribution in [0.4, 0.5) is 0 Å². The summed E-state index contributed by atoms with van der Waals surface area (Å²) in [6.07, 6.45) is 0. The van der Waals surface area contributed by atoms with E-state index in [1.165, 1.54) is 94.2 Å². The van der Waals surface area contributed by atoms with Crippen molar-refractivity contribution in [3.63, 3.8) is 0 Å². The maximum atomic E-state index is 2.47. The fraction of sp³-hybridized carbons (Fsp3) is 0. The molecule has 0 saturated heterocycles. The first-order valence-electron chi connectivity index (χ1n) is 14.5. The van der Waals surface area contributed by atoms with Gasteiger partial charge in [0.1, 0.15) is 0 Å². The van der Waals surface area contributed by atoms with Crippen LogP contribution in [0.25, 0.3) is 94.2 Å². The SMILES string of the molecule is c1ccc(-c2cc3c(sc4cccc5c4c3c3cccc4sc6ccc(-c7cccs7)cc6c5c43)c3ccccc23)cc1. The lowest BCUT2D eigenvalue weighted by Crippen LogP contribution is -1.90. The van der Waals surface area contributed by atoms with Gasteiger partial charge in [0.25, 0.3) is 0 Å². The second-order valence-electron chi connectivity index (χ2n) is 11.2. The molecule has 0 aliphatic rings. The lowest BCUT2D eigenvalue weighted by molar-refractivity contribution is 1.67. The van der Waals surface area contributed by atoms with Crippen molar-refractivity contribution in [1.29, 1.82) is 0 Å². The van der Waals surface area contributed by atoms with E-state index < -0.39 is 0 Å². The minimum atomic E-state index is 1.26. The van der Waals surface area contributed by atoms with Crippen molar-refractivity contribution in [2.75, 3.05) is 0 Å². The van der Waals surface area contributed by atoms with Crippen molar-refractivity contribution < 1.29 is 0 Å². The second kappa shape index (κ2) is 8.98. The highest BCUT2D eigenvalue weighted by Gasteiger charge is 2.20. The molecule has 7 aromatic carbocycles. The lowest BCUT2D eigenvalue weighted by atomic mass is 9.89. The average Bonchev–Trinajstić information content (AvgIpc) is 3.61. The van der Waals surface area contributed by atoms with Crippen LogP contribution in [0.2, 0.25) is 0 Å². The Hall–Kier alpha value is -4.54. The molecule has 3 heterocycles. The van der Waals surface area contributed by atoms with Crippen molar-refractivity contribution in [3.05, 3.63) is 133 Å². The summed E-state index contributed by atoms with van der Waals surface area (Å²) < 4.78 is 5.38. The third-order valence-corrected chi connectivity index (χ3v) is 12.2. The van der Waals surface area contributed by atoms with Crippen LogP contribution in [-0.2, 0) is 0 Å². The molecule has 3 heteroatoms. The van der Waals surface area contributed by atoms with Gasteiger partial charge in [0.15, 0.2) is 0 Å². The zero-order chi connectivity index (χ0) is 28.1. The normalized spacial score (nSPS) is 12.2. The van der Waals surface area contributed by atoms with E-state index in [0.29, 0.717) is 0 Å². The van der Waals surface area contributed by atoms with Gasteiger partial charge in [-0.1, -0.05) is 91.0 Å². The van der Waals surface area contributed by atoms with E-state index in [1.54, 1.807) is 0 Å². The van der Waals surface area contributed by atoms with Crippen molar-refractivity contribution in [2.24, 2.45) is 0 Å². The molecule has 0 N–H and O–H groups in total. The number of benzene rings is 7. The molecular weight excluding hydrogens is 577 g/mol. The second-order valence-corrected chi connectivity index (χ2v) is 14.3. The van der Waals surface area contributed by atoms with Crippen LogP contribution in [0, 0.1) is 0 Å². The van der Waals surface area contributed by atoms with Crippen molar-refractivity contribution in [2.45, 2.75) is 0 Å². The molecule has 200 valence electrons. The molecule has 0 amide bonds. The van der Waals surface area contributed by atoms with Gasteiger partial charge in [0.05, 0.1) is 0 Å². The monoisotopic (exact) mass is 598 g/mol. The summed E-state index contributed by atoms with van der Waals surface area (Å²) >= 11 is 5.66. The van der Waals surface area contributed by atoms with Gasteiger partial charge < -0.3 is 0 Å². The maximum Gasteiger partial charge on any atom is 0.0434 e. The van der Waals surface area contributed by atoms with Gasteiger partial charge in [0, 0.05) is 61.4 Å². The van der Waals surface area contributed by atoms with Gasteiger partial charge in [0.2, 0.25) is 0 Å². The molecule has 0 spiro atoms. The number of fused-ring (bicyclic) bond motifs is 8. The number of hydrogen-bond donors (Lipinski definition) is 0. The molecule has 0 aliphatic carbocycles. The van der Waals surface area contributed by atoms with Crippen LogP contribution >= 0.6 is 34.0 Å². The number of rotatable bonds is 2. The molecule has 0 unspecified atom stereocenters. The fourth-order valence-electron chi connectivity index (χ4n) is 7.13. The first kappa shape index (κ1) is 24.0. The predicted molar refractivity (Wildman–Crippen MR) is 193 cm³/mol. The minimum Gasteiger partial charge on any atom is -0.144 e. The standard InChI is InChI=1S/C40H22S3/c1-2-9-23(10-3-1)29-22-31-37-28-14-6-15-34-38(28)36(30-21-24(18-19-33(30)42-34)32-17-8-20-41-32)27-13-7-16-35(39(27)37)43-40(31)26-12-5-4-11-25(26)29/h1-22H. The third kappa shape index (κ3) is 3.36. The Morgan fingerprint density at radius 3 is 1.84 bits per heavy atom. The van der Waals surface area contributed by atoms with Gasteiger partial charge in [-0.2, -0.15) is 0 Å². The summed E-state index contributed by atoms with van der Waals surface area (Å²) in [5.74, 6) is 0. The quantitative estimate of drug-likeness (QED) is 0.137. The maximum absolute atomic E-state index is 2.47. The predicted octanol–water partition coefficient (Wildman–Crippen LogP) is 13.3. The van der Waals surface area contributed by atoms with Crippen LogP contribution in [-0.4, -0.2) is 0 Å². The van der Waals surface area contributed by atoms with Crippen molar-refractivity contribution in [1.82, 2.24) is 0 Å². The molecule has 0 saturated carbocycles. The average molecular weight is 599 g/mol. The molecule has 3 aromatic heterocycles. The Balaban J connectivity index is 1.47. The van der Waals surface area contributed by atoms with E-state index in [2.05, 4.69) is 133 Å². The van der Waals surface area contributed by atoms with E-state index in [9.17, 15) is 0 Å². The van der Waals surface area contributed by atoms with Gasteiger partial charge in [-0.05, 0) is 74.6 Å². The molecule has 43 heavy (non-hydrogen) atoms. The van der Waals surface area contributed by atoms with E-state index in [0.717, 1.165) is 0 Å². The largest absolute Gasteiger partial charge is 0.144 e. The van der Waals surface area contributed by atoms with Gasteiger partial charge in [-0.25, -0.2) is 0 Å². The Kier molecular flexibility index (Phi) is 5.00. The third-order valence-electron chi connectivity index (χ3n) is 8.93. The van der Waals surface area contributed by atoms with Crippen LogP contribution in [0.3, 0.4) is 0 Å². The molecular formula is C40H22S3. The van der Waals surface area contributed by atoms with Crippen molar-refractivity contribution in [3.8, 4) is 21.6 Å². The topological polar surface area (TPSA) is 0 Å². The first-order chi connectivity index (χ1) is 21.3. The van der Waals surface area contributed by atoms with Gasteiger partial charge in [-0.15, -0.1) is 34.0 Å². The molecule has 0 radical (unpaired) electrons. The Labute approximate surface area is 259 Å². The molecule has 0 nitrogen and oxygen atoms in total. The highest BCUT2D eigenvalue weighted by molar-refractivity contribution is 7.26. The summed E-state index contributed by atoms with van der Waals surface area (Å²) in [5.41, 5.74) is 3.85. The molecule has 10 rings (SSSR count). The molecule has 0 atom stereocenters. The van der Waals surface area contributed by atoms with Crippen LogP contribution in [0.5, 0.6) is 0 Å². The summed E-state index contributed by atoms with van der Waals surface area (Å²) in [5, 5.41) is 15.7. The van der Waals surface area contributed by atoms with E-state index in [-0.39, 0.29) is 0 Å². The summed E-state index contributed by atoms with van der Waals surface area (Å²) in [6.45, 7) is 0. The highest BCUT2D eigenvalue weighted by Crippen LogP contribution is 2.50. The highest BCUT2D eigenvalue weighted by atomic mass is 32.1. The summed E-state index contributed by atoms with van der Waals surface area (Å²) in [4.78, 5) is 1.32. The Morgan fingerprint density at radius 2 is 1.07 bits per heavy atom. The Bertz CT molecular complexity index is 2710. The number of thiophene rings is 1.